The number of aliphatic hydroxyl groups excluding tert-OH is 1. The molecular formula is C16H18O2. The molecule has 18 heavy (non-hydrogen) atoms. The quantitative estimate of drug-likeness (QED) is 0.829. The van der Waals surface area contributed by atoms with Gasteiger partial charge in [0.25, 0.3) is 0 Å². The van der Waals surface area contributed by atoms with Gasteiger partial charge in [-0.05, 0) is 28.7 Å². The second kappa shape index (κ2) is 5.32. The van der Waals surface area contributed by atoms with E-state index in [2.05, 4.69) is 13.8 Å². The number of carbonyl (C=O) groups is 1. The van der Waals surface area contributed by atoms with Crippen molar-refractivity contribution in [3.05, 3.63) is 47.5 Å². The van der Waals surface area contributed by atoms with E-state index in [9.17, 15) is 9.90 Å². The lowest BCUT2D eigenvalue weighted by Crippen LogP contribution is -2.03. The fourth-order valence-electron chi connectivity index (χ4n) is 2.31. The Bertz CT molecular complexity index is 558. The summed E-state index contributed by atoms with van der Waals surface area (Å²) in [5.74, 6) is 0.435. The van der Waals surface area contributed by atoms with Crippen molar-refractivity contribution < 1.29 is 9.90 Å². The molecule has 0 radical (unpaired) electrons. The summed E-state index contributed by atoms with van der Waals surface area (Å²) in [5, 5.41) is 12.1. The molecule has 2 aromatic carbocycles. The molecule has 0 spiro atoms. The first kappa shape index (κ1) is 12.8. The fourth-order valence-corrected chi connectivity index (χ4v) is 2.31. The molecule has 0 aliphatic rings. The number of carbonyl (C=O) groups excluding carboxylic acids is 1. The van der Waals surface area contributed by atoms with Crippen LogP contribution in [0, 0.1) is 5.92 Å². The van der Waals surface area contributed by atoms with Gasteiger partial charge in [0.1, 0.15) is 0 Å². The zero-order valence-corrected chi connectivity index (χ0v) is 10.8. The Morgan fingerprint density at radius 2 is 1.78 bits per heavy atom. The number of hydrogen-bond acceptors (Lipinski definition) is 2. The van der Waals surface area contributed by atoms with E-state index in [1.54, 1.807) is 6.07 Å². The summed E-state index contributed by atoms with van der Waals surface area (Å²) < 4.78 is 0. The first-order valence-electron chi connectivity index (χ1n) is 6.28. The first-order valence-corrected chi connectivity index (χ1v) is 6.28. The van der Waals surface area contributed by atoms with E-state index in [0.717, 1.165) is 29.0 Å². The van der Waals surface area contributed by atoms with Crippen molar-refractivity contribution in [2.75, 3.05) is 0 Å². The molecule has 0 amide bonds. The fraction of sp³-hybridized carbons (Fsp3) is 0.312. The Labute approximate surface area is 107 Å². The van der Waals surface area contributed by atoms with Crippen molar-refractivity contribution in [3.8, 4) is 0 Å². The van der Waals surface area contributed by atoms with Crippen molar-refractivity contribution in [2.24, 2.45) is 5.92 Å². The van der Waals surface area contributed by atoms with E-state index in [-0.39, 0.29) is 0 Å². The summed E-state index contributed by atoms with van der Waals surface area (Å²) in [7, 11) is 0. The van der Waals surface area contributed by atoms with Gasteiger partial charge in [-0.2, -0.15) is 0 Å². The molecule has 2 heteroatoms. The molecule has 0 bridgehead atoms. The molecule has 2 rings (SSSR count). The molecular weight excluding hydrogens is 224 g/mol. The van der Waals surface area contributed by atoms with Crippen molar-refractivity contribution in [1.82, 2.24) is 0 Å². The van der Waals surface area contributed by atoms with E-state index >= 15 is 0 Å². The summed E-state index contributed by atoms with van der Waals surface area (Å²) in [6.45, 7) is 4.18. The average Bonchev–Trinajstić information content (AvgIpc) is 2.36. The highest BCUT2D eigenvalue weighted by molar-refractivity contribution is 5.99. The zero-order valence-electron chi connectivity index (χ0n) is 10.8. The summed E-state index contributed by atoms with van der Waals surface area (Å²) in [6.07, 6.45) is 1.11. The van der Waals surface area contributed by atoms with Gasteiger partial charge in [0.05, 0.1) is 6.10 Å². The third-order valence-corrected chi connectivity index (χ3v) is 3.17. The lowest BCUT2D eigenvalue weighted by molar-refractivity contribution is 0.112. The molecule has 1 N–H and O–H groups in total. The van der Waals surface area contributed by atoms with Crippen LogP contribution in [0.2, 0.25) is 0 Å². The van der Waals surface area contributed by atoms with Crippen LogP contribution < -0.4 is 0 Å². The average molecular weight is 242 g/mol. The van der Waals surface area contributed by atoms with E-state index in [1.165, 1.54) is 0 Å². The summed E-state index contributed by atoms with van der Waals surface area (Å²) in [5.41, 5.74) is 1.58. The number of rotatable bonds is 4. The van der Waals surface area contributed by atoms with Crippen LogP contribution in [0.1, 0.15) is 42.3 Å². The van der Waals surface area contributed by atoms with Crippen molar-refractivity contribution >= 4 is 17.1 Å². The van der Waals surface area contributed by atoms with Crippen molar-refractivity contribution in [1.29, 1.82) is 0 Å². The highest BCUT2D eigenvalue weighted by Crippen LogP contribution is 2.29. The molecule has 1 atom stereocenters. The largest absolute Gasteiger partial charge is 0.388 e. The summed E-state index contributed by atoms with van der Waals surface area (Å²) in [4.78, 5) is 11.0. The molecule has 2 nitrogen and oxygen atoms in total. The molecule has 0 aliphatic heterocycles. The SMILES string of the molecule is CC(C)CC(O)c1ccc(C=O)c2ccccc12. The van der Waals surface area contributed by atoms with Gasteiger partial charge >= 0.3 is 0 Å². The molecule has 0 fully saturated rings. The van der Waals surface area contributed by atoms with Gasteiger partial charge in [-0.15, -0.1) is 0 Å². The van der Waals surface area contributed by atoms with Crippen LogP contribution >= 0.6 is 0 Å². The predicted octanol–water partition coefficient (Wildman–Crippen LogP) is 3.73. The third-order valence-electron chi connectivity index (χ3n) is 3.17. The molecule has 0 aliphatic carbocycles. The number of benzene rings is 2. The van der Waals surface area contributed by atoms with E-state index in [1.807, 2.05) is 30.3 Å². The maximum Gasteiger partial charge on any atom is 0.150 e. The highest BCUT2D eigenvalue weighted by Gasteiger charge is 2.14. The van der Waals surface area contributed by atoms with Gasteiger partial charge in [0.15, 0.2) is 6.29 Å². The predicted molar refractivity (Wildman–Crippen MR) is 73.8 cm³/mol. The van der Waals surface area contributed by atoms with Crippen LogP contribution in [-0.4, -0.2) is 11.4 Å². The molecule has 1 unspecified atom stereocenters. The van der Waals surface area contributed by atoms with E-state index in [4.69, 9.17) is 0 Å². The highest BCUT2D eigenvalue weighted by atomic mass is 16.3. The Hall–Kier alpha value is -1.67. The number of aliphatic hydroxyl groups is 1. The summed E-state index contributed by atoms with van der Waals surface area (Å²) >= 11 is 0. The molecule has 94 valence electrons. The second-order valence-electron chi connectivity index (χ2n) is 5.05. The van der Waals surface area contributed by atoms with E-state index < -0.39 is 6.10 Å². The minimum Gasteiger partial charge on any atom is -0.388 e. The van der Waals surface area contributed by atoms with Gasteiger partial charge in [0, 0.05) is 5.56 Å². The molecule has 0 saturated carbocycles. The van der Waals surface area contributed by atoms with Crippen LogP contribution in [0.4, 0.5) is 0 Å². The molecule has 0 aromatic heterocycles. The van der Waals surface area contributed by atoms with Crippen molar-refractivity contribution in [3.63, 3.8) is 0 Å². The standard InChI is InChI=1S/C16H18O2/c1-11(2)9-16(18)15-8-7-12(10-17)13-5-3-4-6-14(13)15/h3-8,10-11,16,18H,9H2,1-2H3. The molecule has 2 aromatic rings. The van der Waals surface area contributed by atoms with Crippen molar-refractivity contribution in [2.45, 2.75) is 26.4 Å². The topological polar surface area (TPSA) is 37.3 Å². The smallest absolute Gasteiger partial charge is 0.150 e. The van der Waals surface area contributed by atoms with Gasteiger partial charge in [-0.25, -0.2) is 0 Å². The Kier molecular flexibility index (Phi) is 3.78. The van der Waals surface area contributed by atoms with Gasteiger partial charge < -0.3 is 5.11 Å². The first-order chi connectivity index (χ1) is 8.63. The minimum atomic E-state index is -0.476. The van der Waals surface area contributed by atoms with Crippen LogP contribution in [0.5, 0.6) is 0 Å². The Morgan fingerprint density at radius 3 is 2.39 bits per heavy atom. The number of hydrogen-bond donors (Lipinski definition) is 1. The zero-order chi connectivity index (χ0) is 13.1. The third kappa shape index (κ3) is 2.44. The van der Waals surface area contributed by atoms with Crippen LogP contribution in [0.15, 0.2) is 36.4 Å². The Morgan fingerprint density at radius 1 is 1.11 bits per heavy atom. The van der Waals surface area contributed by atoms with Gasteiger partial charge in [-0.3, -0.25) is 4.79 Å². The second-order valence-corrected chi connectivity index (χ2v) is 5.05. The molecule has 0 saturated heterocycles. The van der Waals surface area contributed by atoms with Crippen LogP contribution in [-0.2, 0) is 0 Å². The van der Waals surface area contributed by atoms with Crippen LogP contribution in [0.3, 0.4) is 0 Å². The van der Waals surface area contributed by atoms with Gasteiger partial charge in [-0.1, -0.05) is 50.2 Å². The maximum absolute atomic E-state index is 11.0. The van der Waals surface area contributed by atoms with Crippen LogP contribution in [0.25, 0.3) is 10.8 Å². The Balaban J connectivity index is 2.55. The number of fused-ring (bicyclic) bond motifs is 1. The number of aldehydes is 1. The monoisotopic (exact) mass is 242 g/mol. The molecule has 0 heterocycles. The lowest BCUT2D eigenvalue weighted by atomic mass is 9.93. The van der Waals surface area contributed by atoms with Gasteiger partial charge in [0.2, 0.25) is 0 Å². The maximum atomic E-state index is 11.0. The van der Waals surface area contributed by atoms with E-state index in [0.29, 0.717) is 11.5 Å². The minimum absolute atomic E-state index is 0.435. The summed E-state index contributed by atoms with van der Waals surface area (Å²) in [6, 6.07) is 11.4. The normalized spacial score (nSPS) is 12.9. The lowest BCUT2D eigenvalue weighted by Gasteiger charge is -2.16.